The number of carbonyl (C=O) groups is 1. The van der Waals surface area contributed by atoms with Gasteiger partial charge in [0.2, 0.25) is 0 Å². The first-order valence-corrected chi connectivity index (χ1v) is 8.12. The Bertz CT molecular complexity index is 646. The largest absolute Gasteiger partial charge is 0.334 e. The lowest BCUT2D eigenvalue weighted by atomic mass is 10.1. The van der Waals surface area contributed by atoms with Gasteiger partial charge < -0.3 is 10.6 Å². The number of hydrogen-bond donors (Lipinski definition) is 2. The zero-order valence-corrected chi connectivity index (χ0v) is 13.5. The molecule has 2 aromatic rings. The van der Waals surface area contributed by atoms with Gasteiger partial charge in [-0.25, -0.2) is 4.79 Å². The highest BCUT2D eigenvalue weighted by molar-refractivity contribution is 7.98. The van der Waals surface area contributed by atoms with Crippen molar-refractivity contribution in [2.24, 2.45) is 0 Å². The van der Waals surface area contributed by atoms with Crippen molar-refractivity contribution >= 4 is 35.1 Å². The number of anilines is 1. The minimum Gasteiger partial charge on any atom is -0.334 e. The van der Waals surface area contributed by atoms with E-state index in [1.54, 1.807) is 11.8 Å². The summed E-state index contributed by atoms with van der Waals surface area (Å²) in [4.78, 5) is 13.0. The van der Waals surface area contributed by atoms with E-state index in [4.69, 9.17) is 11.6 Å². The van der Waals surface area contributed by atoms with Crippen molar-refractivity contribution in [3.63, 3.8) is 0 Å². The zero-order valence-electron chi connectivity index (χ0n) is 11.9. The lowest BCUT2D eigenvalue weighted by Crippen LogP contribution is -2.28. The lowest BCUT2D eigenvalue weighted by molar-refractivity contribution is 0.251. The van der Waals surface area contributed by atoms with E-state index in [1.165, 1.54) is 0 Å². The molecular weight excluding hydrogens is 304 g/mol. The van der Waals surface area contributed by atoms with Crippen molar-refractivity contribution in [3.05, 3.63) is 58.6 Å². The molecule has 0 radical (unpaired) electrons. The van der Waals surface area contributed by atoms with Gasteiger partial charge in [-0.15, -0.1) is 11.8 Å². The van der Waals surface area contributed by atoms with Crippen LogP contribution in [-0.2, 0) is 6.54 Å². The Balaban J connectivity index is 1.90. The fourth-order valence-electron chi connectivity index (χ4n) is 1.80. The first-order valence-electron chi connectivity index (χ1n) is 6.52. The second-order valence-corrected chi connectivity index (χ2v) is 5.91. The second-order valence-electron chi connectivity index (χ2n) is 4.62. The van der Waals surface area contributed by atoms with Crippen molar-refractivity contribution in [1.29, 1.82) is 0 Å². The number of hydrogen-bond acceptors (Lipinski definition) is 2. The molecule has 0 aromatic heterocycles. The topological polar surface area (TPSA) is 41.1 Å². The summed E-state index contributed by atoms with van der Waals surface area (Å²) in [6.07, 6.45) is 2.00. The molecule has 2 N–H and O–H groups in total. The first-order chi connectivity index (χ1) is 10.1. The number of nitrogens with one attached hydrogen (secondary N) is 2. The first kappa shape index (κ1) is 15.7. The van der Waals surface area contributed by atoms with Crippen molar-refractivity contribution in [2.45, 2.75) is 18.4 Å². The highest BCUT2D eigenvalue weighted by Crippen LogP contribution is 2.19. The van der Waals surface area contributed by atoms with Crippen LogP contribution in [0.15, 0.2) is 47.4 Å². The van der Waals surface area contributed by atoms with Gasteiger partial charge in [-0.05, 0) is 48.6 Å². The number of rotatable bonds is 4. The van der Waals surface area contributed by atoms with Crippen LogP contribution in [0.5, 0.6) is 0 Å². The van der Waals surface area contributed by atoms with Gasteiger partial charge >= 0.3 is 6.03 Å². The fourth-order valence-corrected chi connectivity index (χ4v) is 2.47. The monoisotopic (exact) mass is 320 g/mol. The Morgan fingerprint density at radius 1 is 1.24 bits per heavy atom. The molecule has 3 nitrogen and oxygen atoms in total. The normalized spacial score (nSPS) is 10.2. The van der Waals surface area contributed by atoms with E-state index in [2.05, 4.69) is 10.6 Å². The van der Waals surface area contributed by atoms with Crippen molar-refractivity contribution in [1.82, 2.24) is 5.32 Å². The molecule has 0 unspecified atom stereocenters. The Hall–Kier alpha value is -1.65. The van der Waals surface area contributed by atoms with Gasteiger partial charge in [-0.1, -0.05) is 29.8 Å². The molecule has 2 amide bonds. The molecule has 21 heavy (non-hydrogen) atoms. The molecule has 0 heterocycles. The molecule has 0 bridgehead atoms. The molecule has 0 aliphatic rings. The molecule has 0 aliphatic heterocycles. The summed E-state index contributed by atoms with van der Waals surface area (Å²) >= 11 is 7.70. The third-order valence-electron chi connectivity index (χ3n) is 3.02. The Morgan fingerprint density at radius 3 is 2.76 bits per heavy atom. The van der Waals surface area contributed by atoms with Crippen molar-refractivity contribution in [3.8, 4) is 0 Å². The Labute approximate surface area is 134 Å². The molecule has 0 saturated heterocycles. The minimum atomic E-state index is -0.232. The van der Waals surface area contributed by atoms with Crippen LogP contribution >= 0.6 is 23.4 Å². The maximum Gasteiger partial charge on any atom is 0.319 e. The van der Waals surface area contributed by atoms with E-state index < -0.39 is 0 Å². The highest BCUT2D eigenvalue weighted by atomic mass is 35.5. The average molecular weight is 321 g/mol. The SMILES string of the molecule is CSc1cccc(NC(=O)NCc2ccc(C)c(Cl)c2)c1. The van der Waals surface area contributed by atoms with Crippen LogP contribution in [0.1, 0.15) is 11.1 Å². The van der Waals surface area contributed by atoms with E-state index in [0.717, 1.165) is 21.7 Å². The highest BCUT2D eigenvalue weighted by Gasteiger charge is 2.03. The molecule has 5 heteroatoms. The molecular formula is C16H17ClN2OS. The van der Waals surface area contributed by atoms with Crippen LogP contribution in [0.25, 0.3) is 0 Å². The summed E-state index contributed by atoms with van der Waals surface area (Å²) in [5.41, 5.74) is 2.78. The number of benzene rings is 2. The molecule has 0 fully saturated rings. The second kappa shape index (κ2) is 7.38. The van der Waals surface area contributed by atoms with Crippen LogP contribution in [0.3, 0.4) is 0 Å². The average Bonchev–Trinajstić information content (AvgIpc) is 2.48. The maximum atomic E-state index is 11.9. The van der Waals surface area contributed by atoms with Gasteiger partial charge in [-0.2, -0.15) is 0 Å². The summed E-state index contributed by atoms with van der Waals surface area (Å²) < 4.78 is 0. The molecule has 110 valence electrons. The van der Waals surface area contributed by atoms with Gasteiger partial charge in [0.15, 0.2) is 0 Å². The maximum absolute atomic E-state index is 11.9. The molecule has 0 saturated carbocycles. The number of halogens is 1. The summed E-state index contributed by atoms with van der Waals surface area (Å²) in [5, 5.41) is 6.34. The minimum absolute atomic E-state index is 0.232. The predicted octanol–water partition coefficient (Wildman–Crippen LogP) is 4.69. The molecule has 2 aromatic carbocycles. The van der Waals surface area contributed by atoms with Crippen LogP contribution < -0.4 is 10.6 Å². The van der Waals surface area contributed by atoms with Crippen LogP contribution in [0.2, 0.25) is 5.02 Å². The van der Waals surface area contributed by atoms with Gasteiger partial charge in [0.1, 0.15) is 0 Å². The summed E-state index contributed by atoms with van der Waals surface area (Å²) in [5.74, 6) is 0. The molecule has 0 spiro atoms. The number of urea groups is 1. The number of carbonyl (C=O) groups excluding carboxylic acids is 1. The van der Waals surface area contributed by atoms with Crippen LogP contribution in [0, 0.1) is 6.92 Å². The zero-order chi connectivity index (χ0) is 15.2. The standard InChI is InChI=1S/C16H17ClN2OS/c1-11-6-7-12(8-15(11)17)10-18-16(20)19-13-4-3-5-14(9-13)21-2/h3-9H,10H2,1-2H3,(H2,18,19,20). The van der Waals surface area contributed by atoms with Crippen molar-refractivity contribution < 1.29 is 4.79 Å². The van der Waals surface area contributed by atoms with E-state index in [1.807, 2.05) is 55.6 Å². The Kier molecular flexibility index (Phi) is 5.53. The van der Waals surface area contributed by atoms with Gasteiger partial charge in [0, 0.05) is 22.2 Å². The van der Waals surface area contributed by atoms with Gasteiger partial charge in [-0.3, -0.25) is 0 Å². The third-order valence-corrected chi connectivity index (χ3v) is 4.15. The van der Waals surface area contributed by atoms with Crippen LogP contribution in [0.4, 0.5) is 10.5 Å². The quantitative estimate of drug-likeness (QED) is 0.802. The van der Waals surface area contributed by atoms with E-state index in [-0.39, 0.29) is 6.03 Å². The predicted molar refractivity (Wildman–Crippen MR) is 90.3 cm³/mol. The molecule has 0 atom stereocenters. The third kappa shape index (κ3) is 4.69. The Morgan fingerprint density at radius 2 is 2.05 bits per heavy atom. The van der Waals surface area contributed by atoms with Crippen LogP contribution in [-0.4, -0.2) is 12.3 Å². The fraction of sp³-hybridized carbons (Fsp3) is 0.188. The van der Waals surface area contributed by atoms with Gasteiger partial charge in [0.25, 0.3) is 0 Å². The number of thioether (sulfide) groups is 1. The molecule has 0 aliphatic carbocycles. The van der Waals surface area contributed by atoms with E-state index in [9.17, 15) is 4.79 Å². The summed E-state index contributed by atoms with van der Waals surface area (Å²) in [6.45, 7) is 2.39. The number of amides is 2. The van der Waals surface area contributed by atoms with E-state index in [0.29, 0.717) is 11.6 Å². The van der Waals surface area contributed by atoms with Crippen molar-refractivity contribution in [2.75, 3.05) is 11.6 Å². The smallest absolute Gasteiger partial charge is 0.319 e. The number of aryl methyl sites for hydroxylation is 1. The summed E-state index contributed by atoms with van der Waals surface area (Å²) in [6, 6.07) is 13.3. The molecule has 2 rings (SSSR count). The lowest BCUT2D eigenvalue weighted by Gasteiger charge is -2.09. The van der Waals surface area contributed by atoms with E-state index >= 15 is 0 Å². The van der Waals surface area contributed by atoms with Gasteiger partial charge in [0.05, 0.1) is 0 Å². The summed E-state index contributed by atoms with van der Waals surface area (Å²) in [7, 11) is 0.